The van der Waals surface area contributed by atoms with E-state index in [1.165, 1.54) is 12.1 Å². The van der Waals surface area contributed by atoms with Gasteiger partial charge in [-0.3, -0.25) is 9.97 Å². The Labute approximate surface area is 189 Å². The highest BCUT2D eigenvalue weighted by molar-refractivity contribution is 5.94. The van der Waals surface area contributed by atoms with Crippen LogP contribution >= 0.6 is 0 Å². The van der Waals surface area contributed by atoms with E-state index in [-0.39, 0.29) is 6.04 Å². The minimum Gasteiger partial charge on any atom is -0.361 e. The van der Waals surface area contributed by atoms with Gasteiger partial charge in [0, 0.05) is 35.6 Å². The lowest BCUT2D eigenvalue weighted by Gasteiger charge is -2.17. The van der Waals surface area contributed by atoms with E-state index in [1.807, 2.05) is 49.4 Å². The van der Waals surface area contributed by atoms with Crippen molar-refractivity contribution in [3.8, 4) is 22.5 Å². The molecule has 0 aliphatic rings. The molecule has 0 saturated carbocycles. The van der Waals surface area contributed by atoms with Crippen molar-refractivity contribution in [2.75, 3.05) is 5.32 Å². The molecule has 7 heteroatoms. The van der Waals surface area contributed by atoms with Crippen molar-refractivity contribution in [1.82, 2.24) is 19.9 Å². The molecule has 162 valence electrons. The third kappa shape index (κ3) is 4.39. The zero-order chi connectivity index (χ0) is 22.8. The quantitative estimate of drug-likeness (QED) is 0.353. The van der Waals surface area contributed by atoms with Crippen molar-refractivity contribution in [3.05, 3.63) is 103 Å². The second-order valence-corrected chi connectivity index (χ2v) is 7.65. The van der Waals surface area contributed by atoms with Crippen molar-refractivity contribution < 1.29 is 8.78 Å². The molecule has 0 fully saturated rings. The van der Waals surface area contributed by atoms with Crippen molar-refractivity contribution in [3.63, 3.8) is 0 Å². The topological polar surface area (TPSA) is 63.6 Å². The van der Waals surface area contributed by atoms with Crippen LogP contribution in [0.5, 0.6) is 0 Å². The minimum absolute atomic E-state index is 0.138. The van der Waals surface area contributed by atoms with Gasteiger partial charge in [-0.2, -0.15) is 0 Å². The Morgan fingerprint density at radius 2 is 1.64 bits per heavy atom. The fourth-order valence-electron chi connectivity index (χ4n) is 3.67. The smallest absolute Gasteiger partial charge is 0.163 e. The number of aromatic nitrogens is 4. The number of hydrogen-bond donors (Lipinski definition) is 1. The number of hydrogen-bond acceptors (Lipinski definition) is 5. The van der Waals surface area contributed by atoms with Crippen LogP contribution in [-0.2, 0) is 0 Å². The van der Waals surface area contributed by atoms with Gasteiger partial charge >= 0.3 is 0 Å². The van der Waals surface area contributed by atoms with Gasteiger partial charge in [-0.05, 0) is 66.6 Å². The van der Waals surface area contributed by atoms with Crippen LogP contribution in [0.15, 0.2) is 85.3 Å². The Morgan fingerprint density at radius 3 is 2.36 bits per heavy atom. The molecule has 33 heavy (non-hydrogen) atoms. The first kappa shape index (κ1) is 20.6. The van der Waals surface area contributed by atoms with Gasteiger partial charge in [0.15, 0.2) is 5.82 Å². The first-order valence-corrected chi connectivity index (χ1v) is 10.4. The Morgan fingerprint density at radius 1 is 0.788 bits per heavy atom. The van der Waals surface area contributed by atoms with Crippen LogP contribution in [0.3, 0.4) is 0 Å². The fourth-order valence-corrected chi connectivity index (χ4v) is 3.67. The molecule has 1 N–H and O–H groups in total. The van der Waals surface area contributed by atoms with E-state index >= 15 is 0 Å². The van der Waals surface area contributed by atoms with Gasteiger partial charge in [-0.1, -0.05) is 12.1 Å². The Kier molecular flexibility index (Phi) is 5.44. The summed E-state index contributed by atoms with van der Waals surface area (Å²) in [5.74, 6) is -0.141. The number of fused-ring (bicyclic) bond motifs is 1. The second kappa shape index (κ2) is 8.70. The molecule has 0 bridgehead atoms. The Bertz CT molecular complexity index is 1410. The van der Waals surface area contributed by atoms with Crippen molar-refractivity contribution in [2.24, 2.45) is 0 Å². The second-order valence-electron chi connectivity index (χ2n) is 7.65. The third-order valence-electron chi connectivity index (χ3n) is 5.30. The molecule has 0 aliphatic heterocycles. The largest absolute Gasteiger partial charge is 0.361 e. The molecular formula is C26H19F2N5. The number of rotatable bonds is 5. The molecule has 5 aromatic rings. The van der Waals surface area contributed by atoms with E-state index in [9.17, 15) is 8.78 Å². The molecular weight excluding hydrogens is 420 g/mol. The summed E-state index contributed by atoms with van der Waals surface area (Å²) in [6, 6.07) is 18.2. The van der Waals surface area contributed by atoms with E-state index in [4.69, 9.17) is 9.97 Å². The van der Waals surface area contributed by atoms with Crippen LogP contribution in [0.2, 0.25) is 0 Å². The van der Waals surface area contributed by atoms with Gasteiger partial charge in [-0.25, -0.2) is 18.7 Å². The van der Waals surface area contributed by atoms with Crippen LogP contribution in [0.25, 0.3) is 33.4 Å². The normalized spacial score (nSPS) is 12.0. The lowest BCUT2D eigenvalue weighted by Crippen LogP contribution is -2.10. The fraction of sp³-hybridized carbons (Fsp3) is 0.0769. The predicted molar refractivity (Wildman–Crippen MR) is 124 cm³/mol. The molecule has 0 spiro atoms. The molecule has 3 aromatic heterocycles. The molecule has 1 unspecified atom stereocenters. The van der Waals surface area contributed by atoms with Crippen molar-refractivity contribution in [2.45, 2.75) is 13.0 Å². The molecule has 0 aliphatic carbocycles. The minimum atomic E-state index is -0.629. The van der Waals surface area contributed by atoms with Crippen LogP contribution < -0.4 is 5.32 Å². The monoisotopic (exact) mass is 439 g/mol. The maximum Gasteiger partial charge on any atom is 0.163 e. The summed E-state index contributed by atoms with van der Waals surface area (Å²) in [5, 5.41) is 4.16. The summed E-state index contributed by atoms with van der Waals surface area (Å²) in [4.78, 5) is 18.1. The van der Waals surface area contributed by atoms with Gasteiger partial charge in [0.1, 0.15) is 17.5 Å². The number of pyridine rings is 2. The first-order chi connectivity index (χ1) is 16.1. The van der Waals surface area contributed by atoms with E-state index in [0.717, 1.165) is 22.7 Å². The first-order valence-electron chi connectivity index (χ1n) is 10.4. The highest BCUT2D eigenvalue weighted by Crippen LogP contribution is 2.31. The van der Waals surface area contributed by atoms with Gasteiger partial charge in [0.2, 0.25) is 0 Å². The predicted octanol–water partition coefficient (Wildman–Crippen LogP) is 6.21. The maximum absolute atomic E-state index is 13.8. The summed E-state index contributed by atoms with van der Waals surface area (Å²) in [6.07, 6.45) is 5.14. The molecule has 0 amide bonds. The van der Waals surface area contributed by atoms with E-state index in [0.29, 0.717) is 28.3 Å². The van der Waals surface area contributed by atoms with Crippen LogP contribution in [0.4, 0.5) is 14.6 Å². The van der Waals surface area contributed by atoms with Gasteiger partial charge in [0.05, 0.1) is 17.3 Å². The average molecular weight is 439 g/mol. The molecule has 2 aromatic carbocycles. The summed E-state index contributed by atoms with van der Waals surface area (Å²) >= 11 is 0. The van der Waals surface area contributed by atoms with Crippen LogP contribution in [0.1, 0.15) is 18.7 Å². The highest BCUT2D eigenvalue weighted by atomic mass is 19.1. The standard InChI is InChI=1S/C26H19F2N5/c1-16(23-6-2-3-10-30-23)31-26-22-13-17(19-11-20(27)14-21(28)12-19)7-8-24(22)32-25(33-26)18-5-4-9-29-15-18/h2-16H,1H3,(H,31,32,33). The van der Waals surface area contributed by atoms with Crippen LogP contribution in [0, 0.1) is 11.6 Å². The lowest BCUT2D eigenvalue weighted by atomic mass is 10.0. The van der Waals surface area contributed by atoms with Gasteiger partial charge < -0.3 is 5.32 Å². The number of halogens is 2. The highest BCUT2D eigenvalue weighted by Gasteiger charge is 2.15. The number of anilines is 1. The summed E-state index contributed by atoms with van der Waals surface area (Å²) in [7, 11) is 0. The van der Waals surface area contributed by atoms with Crippen LogP contribution in [-0.4, -0.2) is 19.9 Å². The van der Waals surface area contributed by atoms with Gasteiger partial charge in [0.25, 0.3) is 0 Å². The summed E-state index contributed by atoms with van der Waals surface area (Å²) < 4.78 is 27.6. The third-order valence-corrected chi connectivity index (χ3v) is 5.30. The van der Waals surface area contributed by atoms with Crippen molar-refractivity contribution >= 4 is 16.7 Å². The number of benzene rings is 2. The Hall–Kier alpha value is -4.26. The maximum atomic E-state index is 13.8. The zero-order valence-corrected chi connectivity index (χ0v) is 17.7. The molecule has 0 radical (unpaired) electrons. The molecule has 3 heterocycles. The summed E-state index contributed by atoms with van der Waals surface area (Å²) in [5.41, 5.74) is 3.43. The van der Waals surface area contributed by atoms with E-state index in [2.05, 4.69) is 15.3 Å². The number of nitrogens with zero attached hydrogens (tertiary/aromatic N) is 4. The molecule has 1 atom stereocenters. The average Bonchev–Trinajstić information content (AvgIpc) is 2.84. The molecule has 0 saturated heterocycles. The van der Waals surface area contributed by atoms with E-state index < -0.39 is 11.6 Å². The SMILES string of the molecule is CC(Nc1nc(-c2cccnc2)nc2ccc(-c3cc(F)cc(F)c3)cc12)c1ccccn1. The Balaban J connectivity index is 1.65. The molecule has 5 nitrogen and oxygen atoms in total. The molecule has 5 rings (SSSR count). The lowest BCUT2D eigenvalue weighted by molar-refractivity contribution is 0.584. The zero-order valence-electron chi connectivity index (χ0n) is 17.7. The van der Waals surface area contributed by atoms with E-state index in [1.54, 1.807) is 24.7 Å². The van der Waals surface area contributed by atoms with Crippen molar-refractivity contribution in [1.29, 1.82) is 0 Å². The summed E-state index contributed by atoms with van der Waals surface area (Å²) in [6.45, 7) is 1.99. The number of nitrogens with one attached hydrogen (secondary N) is 1. The van der Waals surface area contributed by atoms with Gasteiger partial charge in [-0.15, -0.1) is 0 Å².